The highest BCUT2D eigenvalue weighted by Gasteiger charge is 2.10. The van der Waals surface area contributed by atoms with Crippen molar-refractivity contribution in [1.29, 1.82) is 0 Å². The summed E-state index contributed by atoms with van der Waals surface area (Å²) in [5.41, 5.74) is 1.88. The smallest absolute Gasteiger partial charge is 0.182 e. The predicted octanol–water partition coefficient (Wildman–Crippen LogP) is 3.48. The molecule has 0 spiro atoms. The fourth-order valence-corrected chi connectivity index (χ4v) is 2.63. The maximum absolute atomic E-state index is 6.13. The van der Waals surface area contributed by atoms with E-state index in [-0.39, 0.29) is 0 Å². The third-order valence-electron chi connectivity index (χ3n) is 2.68. The van der Waals surface area contributed by atoms with Gasteiger partial charge in [-0.05, 0) is 20.3 Å². The van der Waals surface area contributed by atoms with Crippen LogP contribution in [-0.4, -0.2) is 21.3 Å². The van der Waals surface area contributed by atoms with E-state index in [1.54, 1.807) is 11.3 Å². The van der Waals surface area contributed by atoms with Crippen molar-refractivity contribution in [2.24, 2.45) is 0 Å². The Hall–Kier alpha value is -1.07. The minimum Gasteiger partial charge on any atom is -0.362 e. The van der Waals surface area contributed by atoms with E-state index >= 15 is 0 Å². The molecular formula is C12H17ClN4S. The van der Waals surface area contributed by atoms with Gasteiger partial charge in [0.05, 0.1) is 23.0 Å². The zero-order valence-electron chi connectivity index (χ0n) is 10.8. The minimum atomic E-state index is 0.727. The number of anilines is 1. The summed E-state index contributed by atoms with van der Waals surface area (Å²) < 4.78 is 1.93. The molecule has 0 aromatic carbocycles. The molecule has 0 bridgehead atoms. The molecule has 18 heavy (non-hydrogen) atoms. The molecule has 1 N–H and O–H groups in total. The highest BCUT2D eigenvalue weighted by Crippen LogP contribution is 2.23. The van der Waals surface area contributed by atoms with Crippen LogP contribution in [0, 0.1) is 13.8 Å². The van der Waals surface area contributed by atoms with Crippen molar-refractivity contribution in [3.63, 3.8) is 0 Å². The van der Waals surface area contributed by atoms with E-state index in [1.807, 2.05) is 24.7 Å². The van der Waals surface area contributed by atoms with Crippen LogP contribution in [-0.2, 0) is 6.54 Å². The van der Waals surface area contributed by atoms with E-state index in [0.717, 1.165) is 41.1 Å². The van der Waals surface area contributed by atoms with Gasteiger partial charge < -0.3 is 5.32 Å². The van der Waals surface area contributed by atoms with Gasteiger partial charge in [-0.3, -0.25) is 4.68 Å². The number of rotatable bonds is 5. The van der Waals surface area contributed by atoms with E-state index in [9.17, 15) is 0 Å². The van der Waals surface area contributed by atoms with Crippen LogP contribution in [0.5, 0.6) is 0 Å². The van der Waals surface area contributed by atoms with Crippen molar-refractivity contribution in [1.82, 2.24) is 14.8 Å². The standard InChI is InChI=1S/C12H17ClN4S/c1-4-5-14-12-15-6-10(18-12)7-17-9(3)11(13)8(2)16-17/h6H,4-5,7H2,1-3H3,(H,14,15). The predicted molar refractivity (Wildman–Crippen MR) is 76.7 cm³/mol. The summed E-state index contributed by atoms with van der Waals surface area (Å²) in [6, 6.07) is 0. The number of aryl methyl sites for hydroxylation is 1. The summed E-state index contributed by atoms with van der Waals surface area (Å²) >= 11 is 7.80. The van der Waals surface area contributed by atoms with Crippen LogP contribution < -0.4 is 5.32 Å². The Balaban J connectivity index is 2.09. The molecule has 0 unspecified atom stereocenters. The first-order valence-electron chi connectivity index (χ1n) is 6.00. The summed E-state index contributed by atoms with van der Waals surface area (Å²) in [5, 5.41) is 9.43. The molecule has 0 radical (unpaired) electrons. The van der Waals surface area contributed by atoms with Gasteiger partial charge in [-0.25, -0.2) is 4.98 Å². The van der Waals surface area contributed by atoms with Gasteiger partial charge >= 0.3 is 0 Å². The van der Waals surface area contributed by atoms with Crippen LogP contribution in [0.1, 0.15) is 29.6 Å². The Labute approximate surface area is 116 Å². The van der Waals surface area contributed by atoms with Gasteiger partial charge in [0.25, 0.3) is 0 Å². The lowest BCUT2D eigenvalue weighted by molar-refractivity contribution is 0.665. The molecule has 0 amide bonds. The van der Waals surface area contributed by atoms with E-state index < -0.39 is 0 Å². The summed E-state index contributed by atoms with van der Waals surface area (Å²) in [7, 11) is 0. The summed E-state index contributed by atoms with van der Waals surface area (Å²) in [4.78, 5) is 5.52. The van der Waals surface area contributed by atoms with Crippen molar-refractivity contribution >= 4 is 28.1 Å². The average Bonchev–Trinajstić information content (AvgIpc) is 2.89. The number of hydrogen-bond donors (Lipinski definition) is 1. The molecule has 2 rings (SSSR count). The number of nitrogens with one attached hydrogen (secondary N) is 1. The van der Waals surface area contributed by atoms with Gasteiger partial charge in [0.1, 0.15) is 0 Å². The number of halogens is 1. The highest BCUT2D eigenvalue weighted by molar-refractivity contribution is 7.15. The second-order valence-electron chi connectivity index (χ2n) is 4.20. The Kier molecular flexibility index (Phi) is 4.24. The molecular weight excluding hydrogens is 268 g/mol. The number of aromatic nitrogens is 3. The van der Waals surface area contributed by atoms with Gasteiger partial charge in [0.15, 0.2) is 5.13 Å². The van der Waals surface area contributed by atoms with E-state index in [1.165, 1.54) is 4.88 Å². The van der Waals surface area contributed by atoms with Gasteiger partial charge in [-0.1, -0.05) is 18.5 Å². The van der Waals surface area contributed by atoms with Crippen LogP contribution in [0.15, 0.2) is 6.20 Å². The molecule has 4 nitrogen and oxygen atoms in total. The Morgan fingerprint density at radius 3 is 2.83 bits per heavy atom. The fourth-order valence-electron chi connectivity index (χ4n) is 1.67. The van der Waals surface area contributed by atoms with Gasteiger partial charge in [0.2, 0.25) is 0 Å². The quantitative estimate of drug-likeness (QED) is 0.914. The van der Waals surface area contributed by atoms with Crippen LogP contribution in [0.25, 0.3) is 0 Å². The molecule has 0 saturated heterocycles. The summed E-state index contributed by atoms with van der Waals surface area (Å²) in [5.74, 6) is 0. The first kappa shape index (κ1) is 13.4. The molecule has 2 heterocycles. The second kappa shape index (κ2) is 5.71. The summed E-state index contributed by atoms with van der Waals surface area (Å²) in [6.07, 6.45) is 3.00. The van der Waals surface area contributed by atoms with Crippen molar-refractivity contribution in [2.75, 3.05) is 11.9 Å². The SMILES string of the molecule is CCCNc1ncc(Cn2nc(C)c(Cl)c2C)s1. The van der Waals surface area contributed by atoms with E-state index in [2.05, 4.69) is 22.3 Å². The van der Waals surface area contributed by atoms with Crippen molar-refractivity contribution in [2.45, 2.75) is 33.7 Å². The maximum atomic E-state index is 6.13. The first-order chi connectivity index (χ1) is 8.61. The molecule has 98 valence electrons. The van der Waals surface area contributed by atoms with Crippen LogP contribution >= 0.6 is 22.9 Å². The van der Waals surface area contributed by atoms with E-state index in [0.29, 0.717) is 0 Å². The van der Waals surface area contributed by atoms with Crippen LogP contribution in [0.3, 0.4) is 0 Å². The number of thiazole rings is 1. The normalized spacial score (nSPS) is 10.9. The Morgan fingerprint density at radius 2 is 2.22 bits per heavy atom. The third-order valence-corrected chi connectivity index (χ3v) is 4.17. The lowest BCUT2D eigenvalue weighted by atomic mass is 10.4. The van der Waals surface area contributed by atoms with Gasteiger partial charge in [0, 0.05) is 17.6 Å². The van der Waals surface area contributed by atoms with Crippen LogP contribution in [0.4, 0.5) is 5.13 Å². The van der Waals surface area contributed by atoms with Crippen molar-refractivity contribution in [3.05, 3.63) is 27.5 Å². The third kappa shape index (κ3) is 2.84. The molecule has 2 aromatic rings. The van der Waals surface area contributed by atoms with Crippen molar-refractivity contribution in [3.8, 4) is 0 Å². The molecule has 0 fully saturated rings. The Bertz CT molecular complexity index is 532. The zero-order valence-corrected chi connectivity index (χ0v) is 12.4. The molecule has 6 heteroatoms. The lowest BCUT2D eigenvalue weighted by Gasteiger charge is -2.01. The largest absolute Gasteiger partial charge is 0.362 e. The fraction of sp³-hybridized carbons (Fsp3) is 0.500. The zero-order chi connectivity index (χ0) is 13.1. The molecule has 0 atom stereocenters. The number of hydrogen-bond acceptors (Lipinski definition) is 4. The molecule has 0 aliphatic rings. The summed E-state index contributed by atoms with van der Waals surface area (Å²) in [6.45, 7) is 7.73. The van der Waals surface area contributed by atoms with Gasteiger partial charge in [-0.15, -0.1) is 11.3 Å². The monoisotopic (exact) mass is 284 g/mol. The average molecular weight is 285 g/mol. The van der Waals surface area contributed by atoms with Crippen LogP contribution in [0.2, 0.25) is 5.02 Å². The van der Waals surface area contributed by atoms with Gasteiger partial charge in [-0.2, -0.15) is 5.10 Å². The molecule has 0 aliphatic heterocycles. The maximum Gasteiger partial charge on any atom is 0.182 e. The Morgan fingerprint density at radius 1 is 1.44 bits per heavy atom. The molecule has 2 aromatic heterocycles. The first-order valence-corrected chi connectivity index (χ1v) is 7.19. The lowest BCUT2D eigenvalue weighted by Crippen LogP contribution is -2.02. The topological polar surface area (TPSA) is 42.7 Å². The number of nitrogens with zero attached hydrogens (tertiary/aromatic N) is 3. The molecule has 0 saturated carbocycles. The highest BCUT2D eigenvalue weighted by atomic mass is 35.5. The van der Waals surface area contributed by atoms with Crippen molar-refractivity contribution < 1.29 is 0 Å². The minimum absolute atomic E-state index is 0.727. The second-order valence-corrected chi connectivity index (χ2v) is 5.69. The van der Waals surface area contributed by atoms with E-state index in [4.69, 9.17) is 11.6 Å². The molecule has 0 aliphatic carbocycles.